The number of aromatic nitrogens is 3. The summed E-state index contributed by atoms with van der Waals surface area (Å²) in [6.07, 6.45) is 5.05. The van der Waals surface area contributed by atoms with E-state index in [-0.39, 0.29) is 5.91 Å². The maximum absolute atomic E-state index is 12.1. The van der Waals surface area contributed by atoms with E-state index in [0.717, 1.165) is 30.4 Å². The van der Waals surface area contributed by atoms with Crippen LogP contribution in [0.15, 0.2) is 16.8 Å². The van der Waals surface area contributed by atoms with E-state index >= 15 is 0 Å². The quantitative estimate of drug-likeness (QED) is 0.929. The summed E-state index contributed by atoms with van der Waals surface area (Å²) in [6.45, 7) is 6.01. The Morgan fingerprint density at radius 2 is 2.04 bits per heavy atom. The smallest absolute Gasteiger partial charge is 0.256 e. The first kappa shape index (κ1) is 15.5. The number of rotatable bonds is 4. The number of amides is 1. The number of nitrogens with one attached hydrogen (secondary N) is 1. The number of carbonyl (C=O) groups excluding carboxylic acids is 1. The normalized spacial score (nSPS) is 14.8. The maximum Gasteiger partial charge on any atom is 0.256 e. The van der Waals surface area contributed by atoms with Crippen LogP contribution in [0.1, 0.15) is 46.8 Å². The van der Waals surface area contributed by atoms with E-state index in [2.05, 4.69) is 25.3 Å². The van der Waals surface area contributed by atoms with Crippen molar-refractivity contribution in [3.63, 3.8) is 0 Å². The molecule has 0 unspecified atom stereocenters. The van der Waals surface area contributed by atoms with Crippen molar-refractivity contribution in [2.45, 2.75) is 39.7 Å². The van der Waals surface area contributed by atoms with Gasteiger partial charge >= 0.3 is 0 Å². The van der Waals surface area contributed by atoms with E-state index in [1.54, 1.807) is 6.92 Å². The van der Waals surface area contributed by atoms with Crippen LogP contribution >= 0.6 is 0 Å². The molecule has 2 aromatic rings. The lowest BCUT2D eigenvalue weighted by atomic mass is 10.1. The predicted octanol–water partition coefficient (Wildman–Crippen LogP) is 2.00. The van der Waals surface area contributed by atoms with E-state index in [0.29, 0.717) is 17.9 Å². The standard InChI is InChI=1S/C16H21N5O2/c1-11-8-13(9-17-15(22)14-10-18-23-12(14)2)20-16(19-11)21-6-4-3-5-7-21/h8,10H,3-7,9H2,1-2H3,(H,17,22). The summed E-state index contributed by atoms with van der Waals surface area (Å²) >= 11 is 0. The second kappa shape index (κ2) is 6.76. The summed E-state index contributed by atoms with van der Waals surface area (Å²) in [7, 11) is 0. The number of hydrogen-bond donors (Lipinski definition) is 1. The third kappa shape index (κ3) is 3.67. The minimum absolute atomic E-state index is 0.209. The zero-order chi connectivity index (χ0) is 16.2. The highest BCUT2D eigenvalue weighted by Gasteiger charge is 2.16. The highest BCUT2D eigenvalue weighted by molar-refractivity contribution is 5.94. The van der Waals surface area contributed by atoms with E-state index < -0.39 is 0 Å². The lowest BCUT2D eigenvalue weighted by Gasteiger charge is -2.27. The van der Waals surface area contributed by atoms with Crippen LogP contribution in [0, 0.1) is 13.8 Å². The number of hydrogen-bond acceptors (Lipinski definition) is 6. The summed E-state index contributed by atoms with van der Waals surface area (Å²) in [5.41, 5.74) is 2.17. The molecular weight excluding hydrogens is 294 g/mol. The van der Waals surface area contributed by atoms with Gasteiger partial charge in [0.05, 0.1) is 18.4 Å². The first-order valence-electron chi connectivity index (χ1n) is 7.92. The van der Waals surface area contributed by atoms with Gasteiger partial charge in [0, 0.05) is 18.8 Å². The van der Waals surface area contributed by atoms with Gasteiger partial charge < -0.3 is 14.7 Å². The van der Waals surface area contributed by atoms with Crippen molar-refractivity contribution in [2.24, 2.45) is 0 Å². The highest BCUT2D eigenvalue weighted by atomic mass is 16.5. The number of anilines is 1. The van der Waals surface area contributed by atoms with Crippen LogP contribution in [0.2, 0.25) is 0 Å². The first-order valence-corrected chi connectivity index (χ1v) is 7.92. The van der Waals surface area contributed by atoms with Crippen LogP contribution in [-0.4, -0.2) is 34.1 Å². The van der Waals surface area contributed by atoms with Gasteiger partial charge in [-0.15, -0.1) is 0 Å². The Kier molecular flexibility index (Phi) is 4.55. The van der Waals surface area contributed by atoms with Crippen LogP contribution in [0.25, 0.3) is 0 Å². The zero-order valence-corrected chi connectivity index (χ0v) is 13.5. The molecule has 1 saturated heterocycles. The van der Waals surface area contributed by atoms with Crippen LogP contribution < -0.4 is 10.2 Å². The summed E-state index contributed by atoms with van der Waals surface area (Å²) in [5.74, 6) is 1.06. The van der Waals surface area contributed by atoms with Crippen LogP contribution in [0.4, 0.5) is 5.95 Å². The van der Waals surface area contributed by atoms with Crippen LogP contribution in [-0.2, 0) is 6.54 Å². The fourth-order valence-corrected chi connectivity index (χ4v) is 2.73. The molecule has 1 amide bonds. The molecule has 1 aliphatic rings. The molecule has 0 radical (unpaired) electrons. The average molecular weight is 315 g/mol. The molecular formula is C16H21N5O2. The van der Waals surface area contributed by atoms with Crippen LogP contribution in [0.3, 0.4) is 0 Å². The topological polar surface area (TPSA) is 84.2 Å². The van der Waals surface area contributed by atoms with Crippen molar-refractivity contribution in [1.29, 1.82) is 0 Å². The van der Waals surface area contributed by atoms with Gasteiger partial charge in [-0.05, 0) is 39.2 Å². The highest BCUT2D eigenvalue weighted by Crippen LogP contribution is 2.16. The van der Waals surface area contributed by atoms with E-state index in [9.17, 15) is 4.79 Å². The summed E-state index contributed by atoms with van der Waals surface area (Å²) in [4.78, 5) is 23.4. The Hall–Kier alpha value is -2.44. The molecule has 0 bridgehead atoms. The molecule has 0 aromatic carbocycles. The second-order valence-electron chi connectivity index (χ2n) is 5.83. The predicted molar refractivity (Wildman–Crippen MR) is 85.2 cm³/mol. The van der Waals surface area contributed by atoms with Gasteiger partial charge in [-0.25, -0.2) is 9.97 Å². The van der Waals surface area contributed by atoms with Crippen molar-refractivity contribution < 1.29 is 9.32 Å². The van der Waals surface area contributed by atoms with Gasteiger partial charge in [-0.2, -0.15) is 0 Å². The Bertz CT molecular complexity index is 692. The second-order valence-corrected chi connectivity index (χ2v) is 5.83. The molecule has 7 nitrogen and oxygen atoms in total. The Morgan fingerprint density at radius 3 is 2.74 bits per heavy atom. The molecule has 1 fully saturated rings. The summed E-state index contributed by atoms with van der Waals surface area (Å²) < 4.78 is 4.91. The fourth-order valence-electron chi connectivity index (χ4n) is 2.73. The lowest BCUT2D eigenvalue weighted by molar-refractivity contribution is 0.0949. The summed E-state index contributed by atoms with van der Waals surface area (Å²) in [6, 6.07) is 1.90. The maximum atomic E-state index is 12.1. The number of carbonyl (C=O) groups is 1. The molecule has 0 saturated carbocycles. The van der Waals surface area contributed by atoms with Gasteiger partial charge in [0.25, 0.3) is 5.91 Å². The van der Waals surface area contributed by atoms with Crippen molar-refractivity contribution >= 4 is 11.9 Å². The molecule has 0 spiro atoms. The molecule has 1 N–H and O–H groups in total. The molecule has 3 heterocycles. The number of piperidine rings is 1. The average Bonchev–Trinajstić information content (AvgIpc) is 2.99. The molecule has 7 heteroatoms. The molecule has 2 aromatic heterocycles. The Labute approximate surface area is 135 Å². The third-order valence-electron chi connectivity index (χ3n) is 3.96. The minimum atomic E-state index is -0.209. The minimum Gasteiger partial charge on any atom is -0.361 e. The van der Waals surface area contributed by atoms with Crippen LogP contribution in [0.5, 0.6) is 0 Å². The SMILES string of the molecule is Cc1cc(CNC(=O)c2cnoc2C)nc(N2CCCCC2)n1. The molecule has 1 aliphatic heterocycles. The molecule has 3 rings (SSSR count). The lowest BCUT2D eigenvalue weighted by Crippen LogP contribution is -2.32. The van der Waals surface area contributed by atoms with E-state index in [1.165, 1.54) is 25.5 Å². The number of nitrogens with zero attached hydrogens (tertiary/aromatic N) is 4. The van der Waals surface area contributed by atoms with Crippen molar-refractivity contribution in [3.05, 3.63) is 35.0 Å². The Balaban J connectivity index is 1.69. The third-order valence-corrected chi connectivity index (χ3v) is 3.96. The Morgan fingerprint density at radius 1 is 1.26 bits per heavy atom. The number of aryl methyl sites for hydroxylation is 2. The molecule has 0 atom stereocenters. The van der Waals surface area contributed by atoms with Crippen molar-refractivity contribution in [1.82, 2.24) is 20.4 Å². The van der Waals surface area contributed by atoms with Crippen molar-refractivity contribution in [3.8, 4) is 0 Å². The fraction of sp³-hybridized carbons (Fsp3) is 0.500. The van der Waals surface area contributed by atoms with Gasteiger partial charge in [0.2, 0.25) is 5.95 Å². The van der Waals surface area contributed by atoms with Gasteiger partial charge in [0.15, 0.2) is 0 Å². The molecule has 122 valence electrons. The molecule has 23 heavy (non-hydrogen) atoms. The van der Waals surface area contributed by atoms with Gasteiger partial charge in [-0.1, -0.05) is 5.16 Å². The van der Waals surface area contributed by atoms with Crippen molar-refractivity contribution in [2.75, 3.05) is 18.0 Å². The van der Waals surface area contributed by atoms with E-state index in [4.69, 9.17) is 4.52 Å². The largest absolute Gasteiger partial charge is 0.361 e. The van der Waals surface area contributed by atoms with Gasteiger partial charge in [0.1, 0.15) is 11.3 Å². The monoisotopic (exact) mass is 315 g/mol. The van der Waals surface area contributed by atoms with E-state index in [1.807, 2.05) is 13.0 Å². The van der Waals surface area contributed by atoms with Gasteiger partial charge in [-0.3, -0.25) is 4.79 Å². The summed E-state index contributed by atoms with van der Waals surface area (Å²) in [5, 5.41) is 6.47. The zero-order valence-electron chi connectivity index (χ0n) is 13.5. The molecule has 0 aliphatic carbocycles. The first-order chi connectivity index (χ1) is 11.1.